The number of hydrogen-bond donors (Lipinski definition) is 3. The molecule has 9 nitrogen and oxygen atoms in total. The molecule has 0 radical (unpaired) electrons. The molecule has 1 heterocycles. The maximum atomic E-state index is 13.7. The van der Waals surface area contributed by atoms with Crippen molar-refractivity contribution >= 4 is 17.7 Å². The topological polar surface area (TPSA) is 130 Å². The van der Waals surface area contributed by atoms with Crippen LogP contribution in [0.3, 0.4) is 0 Å². The van der Waals surface area contributed by atoms with Crippen molar-refractivity contribution < 1.29 is 41.4 Å². The maximum Gasteiger partial charge on any atom is 0.573 e. The first-order valence-corrected chi connectivity index (χ1v) is 11.5. The Balaban J connectivity index is 1.63. The SMILES string of the molecule is N#C[C@H](C[C@@H]1CCNC1=O)NC(=O)[C@H](Cc1cccc(F)c1)NC(=O)COc1ccc(OC(F)(F)F)cc1. The van der Waals surface area contributed by atoms with Gasteiger partial charge in [0.1, 0.15) is 29.4 Å². The van der Waals surface area contributed by atoms with Gasteiger partial charge in [-0.05, 0) is 54.8 Å². The number of benzene rings is 2. The van der Waals surface area contributed by atoms with E-state index in [0.29, 0.717) is 18.5 Å². The van der Waals surface area contributed by atoms with Crippen LogP contribution < -0.4 is 25.4 Å². The van der Waals surface area contributed by atoms with E-state index < -0.39 is 54.4 Å². The average Bonchev–Trinajstić information content (AvgIpc) is 3.26. The summed E-state index contributed by atoms with van der Waals surface area (Å²) in [6.45, 7) is -0.109. The van der Waals surface area contributed by atoms with Crippen molar-refractivity contribution in [3.8, 4) is 17.6 Å². The second-order valence-corrected chi connectivity index (χ2v) is 8.46. The molecule has 2 aromatic rings. The van der Waals surface area contributed by atoms with Crippen LogP contribution in [0.5, 0.6) is 11.5 Å². The fourth-order valence-corrected chi connectivity index (χ4v) is 3.80. The highest BCUT2D eigenvalue weighted by Crippen LogP contribution is 2.24. The van der Waals surface area contributed by atoms with Crippen LogP contribution in [0, 0.1) is 23.1 Å². The van der Waals surface area contributed by atoms with Crippen molar-refractivity contribution in [3.63, 3.8) is 0 Å². The third kappa shape index (κ3) is 8.95. The lowest BCUT2D eigenvalue weighted by molar-refractivity contribution is -0.274. The first-order valence-electron chi connectivity index (χ1n) is 11.5. The van der Waals surface area contributed by atoms with Gasteiger partial charge in [-0.1, -0.05) is 12.1 Å². The summed E-state index contributed by atoms with van der Waals surface area (Å²) in [5.74, 6) is -3.06. The molecule has 202 valence electrons. The molecule has 0 bridgehead atoms. The lowest BCUT2D eigenvalue weighted by atomic mass is 9.98. The number of hydrogen-bond acceptors (Lipinski definition) is 6. The molecule has 3 amide bonds. The van der Waals surface area contributed by atoms with Gasteiger partial charge in [0, 0.05) is 18.9 Å². The third-order valence-corrected chi connectivity index (χ3v) is 5.56. The van der Waals surface area contributed by atoms with Gasteiger partial charge in [0.05, 0.1) is 6.07 Å². The standard InChI is InChI=1S/C25H24F4N4O5/c26-17-3-1-2-15(10-17)11-21(24(36)32-18(13-30)12-16-8-9-31-23(16)35)33-22(34)14-37-19-4-6-20(7-5-19)38-25(27,28)29/h1-7,10,16,18,21H,8-9,11-12,14H2,(H,31,35)(H,32,36)(H,33,34)/t16-,18-,21-/m0/s1. The highest BCUT2D eigenvalue weighted by Gasteiger charge is 2.31. The van der Waals surface area contributed by atoms with Gasteiger partial charge < -0.3 is 25.4 Å². The predicted octanol–water partition coefficient (Wildman–Crippen LogP) is 2.37. The van der Waals surface area contributed by atoms with Crippen molar-refractivity contribution in [1.29, 1.82) is 5.26 Å². The number of nitriles is 1. The van der Waals surface area contributed by atoms with Gasteiger partial charge in [0.15, 0.2) is 6.61 Å². The fraction of sp³-hybridized carbons (Fsp3) is 0.360. The molecular weight excluding hydrogens is 512 g/mol. The zero-order valence-corrected chi connectivity index (χ0v) is 19.9. The van der Waals surface area contributed by atoms with Crippen molar-refractivity contribution in [1.82, 2.24) is 16.0 Å². The molecule has 3 rings (SSSR count). The van der Waals surface area contributed by atoms with Crippen molar-refractivity contribution in [2.24, 2.45) is 5.92 Å². The van der Waals surface area contributed by atoms with Crippen LogP contribution in [0.4, 0.5) is 17.6 Å². The number of amides is 3. The number of rotatable bonds is 11. The highest BCUT2D eigenvalue weighted by atomic mass is 19.4. The molecule has 2 aromatic carbocycles. The molecule has 1 saturated heterocycles. The Bertz CT molecular complexity index is 1180. The lowest BCUT2D eigenvalue weighted by Gasteiger charge is -2.21. The van der Waals surface area contributed by atoms with E-state index in [-0.39, 0.29) is 24.5 Å². The number of ether oxygens (including phenoxy) is 2. The van der Waals surface area contributed by atoms with E-state index in [4.69, 9.17) is 4.74 Å². The zero-order chi connectivity index (χ0) is 27.7. The summed E-state index contributed by atoms with van der Waals surface area (Å²) in [5, 5.41) is 17.1. The largest absolute Gasteiger partial charge is 0.573 e. The Morgan fingerprint density at radius 1 is 1.13 bits per heavy atom. The van der Waals surface area contributed by atoms with E-state index in [0.717, 1.165) is 12.1 Å². The molecule has 0 aliphatic carbocycles. The molecule has 1 aliphatic heterocycles. The van der Waals surface area contributed by atoms with E-state index in [1.165, 1.54) is 30.3 Å². The summed E-state index contributed by atoms with van der Waals surface area (Å²) in [6, 6.07) is 9.47. The number of carbonyl (C=O) groups excluding carboxylic acids is 3. The van der Waals surface area contributed by atoms with Crippen LogP contribution in [0.1, 0.15) is 18.4 Å². The van der Waals surface area contributed by atoms with Gasteiger partial charge in [-0.15, -0.1) is 13.2 Å². The van der Waals surface area contributed by atoms with Crippen molar-refractivity contribution in [2.45, 2.75) is 37.7 Å². The molecule has 3 N–H and O–H groups in total. The normalized spacial score (nSPS) is 16.5. The molecule has 13 heteroatoms. The monoisotopic (exact) mass is 536 g/mol. The van der Waals surface area contributed by atoms with Crippen LogP contribution in [0.2, 0.25) is 0 Å². The van der Waals surface area contributed by atoms with Crippen molar-refractivity contribution in [2.75, 3.05) is 13.2 Å². The van der Waals surface area contributed by atoms with Gasteiger partial charge in [0.2, 0.25) is 11.8 Å². The Kier molecular flexibility index (Phi) is 9.48. The predicted molar refractivity (Wildman–Crippen MR) is 124 cm³/mol. The fourth-order valence-electron chi connectivity index (χ4n) is 3.80. The number of alkyl halides is 3. The Morgan fingerprint density at radius 2 is 1.84 bits per heavy atom. The minimum Gasteiger partial charge on any atom is -0.484 e. The first-order chi connectivity index (χ1) is 18.0. The molecule has 0 saturated carbocycles. The number of nitrogens with one attached hydrogen (secondary N) is 3. The second kappa shape index (κ2) is 12.8. The summed E-state index contributed by atoms with van der Waals surface area (Å²) >= 11 is 0. The smallest absolute Gasteiger partial charge is 0.484 e. The zero-order valence-electron chi connectivity index (χ0n) is 19.9. The minimum absolute atomic E-state index is 0.0696. The summed E-state index contributed by atoms with van der Waals surface area (Å²) in [5.41, 5.74) is 0.398. The lowest BCUT2D eigenvalue weighted by Crippen LogP contribution is -2.51. The van der Waals surface area contributed by atoms with Gasteiger partial charge in [-0.2, -0.15) is 5.26 Å². The van der Waals surface area contributed by atoms with E-state index in [9.17, 15) is 37.2 Å². The second-order valence-electron chi connectivity index (χ2n) is 8.46. The first kappa shape index (κ1) is 28.2. The van der Waals surface area contributed by atoms with Crippen LogP contribution in [-0.2, 0) is 20.8 Å². The van der Waals surface area contributed by atoms with Gasteiger partial charge in [0.25, 0.3) is 5.91 Å². The van der Waals surface area contributed by atoms with E-state index >= 15 is 0 Å². The quantitative estimate of drug-likeness (QED) is 0.378. The van der Waals surface area contributed by atoms with E-state index in [1.807, 2.05) is 6.07 Å². The third-order valence-electron chi connectivity index (χ3n) is 5.56. The number of carbonyl (C=O) groups is 3. The summed E-state index contributed by atoms with van der Waals surface area (Å²) in [4.78, 5) is 37.4. The Morgan fingerprint density at radius 3 is 2.45 bits per heavy atom. The average molecular weight is 536 g/mol. The van der Waals surface area contributed by atoms with Crippen LogP contribution in [-0.4, -0.2) is 49.3 Å². The summed E-state index contributed by atoms with van der Waals surface area (Å²) in [7, 11) is 0. The van der Waals surface area contributed by atoms with Gasteiger partial charge in [-0.25, -0.2) is 4.39 Å². The highest BCUT2D eigenvalue weighted by molar-refractivity contribution is 5.89. The molecule has 0 spiro atoms. The molecule has 3 atom stereocenters. The van der Waals surface area contributed by atoms with Crippen LogP contribution >= 0.6 is 0 Å². The summed E-state index contributed by atoms with van der Waals surface area (Å²) < 4.78 is 59.6. The van der Waals surface area contributed by atoms with E-state index in [1.54, 1.807) is 6.07 Å². The Hall–Kier alpha value is -4.34. The van der Waals surface area contributed by atoms with E-state index in [2.05, 4.69) is 20.7 Å². The van der Waals surface area contributed by atoms with Crippen LogP contribution in [0.15, 0.2) is 48.5 Å². The number of halogens is 4. The molecule has 1 aliphatic rings. The van der Waals surface area contributed by atoms with Crippen molar-refractivity contribution in [3.05, 3.63) is 59.9 Å². The summed E-state index contributed by atoms with van der Waals surface area (Å²) in [6.07, 6.45) is -4.35. The Labute approximate surface area is 215 Å². The minimum atomic E-state index is -4.85. The molecule has 0 unspecified atom stereocenters. The van der Waals surface area contributed by atoms with Gasteiger partial charge >= 0.3 is 6.36 Å². The van der Waals surface area contributed by atoms with Crippen LogP contribution in [0.25, 0.3) is 0 Å². The van der Waals surface area contributed by atoms with Gasteiger partial charge in [-0.3, -0.25) is 14.4 Å². The molecule has 1 fully saturated rings. The molecular formula is C25H24F4N4O5. The molecule has 0 aromatic heterocycles. The number of nitrogens with zero attached hydrogens (tertiary/aromatic N) is 1. The maximum absolute atomic E-state index is 13.7. The molecule has 38 heavy (non-hydrogen) atoms.